The van der Waals surface area contributed by atoms with E-state index in [9.17, 15) is 4.79 Å². The van der Waals surface area contributed by atoms with Gasteiger partial charge >= 0.3 is 5.97 Å². The molecule has 2 fully saturated rings. The van der Waals surface area contributed by atoms with Crippen molar-refractivity contribution in [3.63, 3.8) is 0 Å². The van der Waals surface area contributed by atoms with Crippen LogP contribution in [0.15, 0.2) is 18.3 Å². The Balaban J connectivity index is 1.58. The van der Waals surface area contributed by atoms with Gasteiger partial charge in [0, 0.05) is 19.3 Å². The second-order valence-corrected chi connectivity index (χ2v) is 6.36. The molecule has 0 amide bonds. The number of carbonyl (C=O) groups excluding carboxylic acids is 1. The lowest BCUT2D eigenvalue weighted by Gasteiger charge is -2.41. The lowest BCUT2D eigenvalue weighted by atomic mass is 9.75. The second-order valence-electron chi connectivity index (χ2n) is 6.36. The summed E-state index contributed by atoms with van der Waals surface area (Å²) in [7, 11) is 1.39. The first-order valence-electron chi connectivity index (χ1n) is 8.02. The molecule has 2 aliphatic rings. The maximum absolute atomic E-state index is 11.4. The molecular weight excluding hydrogens is 264 g/mol. The summed E-state index contributed by atoms with van der Waals surface area (Å²) in [4.78, 5) is 18.3. The smallest absolute Gasteiger partial charge is 0.339 e. The standard InChI is InChI=1S/C17H24N2O2/c1-21-17(20)14-6-7-16(18-10-14)12-19-9-8-13-4-2-3-5-15(13)11-19/h6-7,10,13,15H,2-5,8-9,11-12H2,1H3. The topological polar surface area (TPSA) is 42.4 Å². The predicted molar refractivity (Wildman–Crippen MR) is 80.9 cm³/mol. The van der Waals surface area contributed by atoms with Crippen molar-refractivity contribution in [1.29, 1.82) is 0 Å². The van der Waals surface area contributed by atoms with Crippen molar-refractivity contribution in [2.45, 2.75) is 38.6 Å². The minimum absolute atomic E-state index is 0.322. The molecule has 1 aliphatic heterocycles. The zero-order chi connectivity index (χ0) is 14.7. The minimum Gasteiger partial charge on any atom is -0.465 e. The number of piperidine rings is 1. The van der Waals surface area contributed by atoms with E-state index in [2.05, 4.69) is 9.88 Å². The Morgan fingerprint density at radius 3 is 2.81 bits per heavy atom. The van der Waals surface area contributed by atoms with Crippen LogP contribution in [0.3, 0.4) is 0 Å². The summed E-state index contributed by atoms with van der Waals surface area (Å²) in [6.45, 7) is 3.29. The highest BCUT2D eigenvalue weighted by molar-refractivity contribution is 5.88. The van der Waals surface area contributed by atoms with E-state index in [1.54, 1.807) is 6.20 Å². The largest absolute Gasteiger partial charge is 0.465 e. The van der Waals surface area contributed by atoms with Gasteiger partial charge in [-0.05, 0) is 43.4 Å². The monoisotopic (exact) mass is 288 g/mol. The fourth-order valence-electron chi connectivity index (χ4n) is 3.81. The number of esters is 1. The van der Waals surface area contributed by atoms with Gasteiger partial charge in [-0.2, -0.15) is 0 Å². The van der Waals surface area contributed by atoms with Gasteiger partial charge in [-0.3, -0.25) is 9.88 Å². The molecule has 114 valence electrons. The van der Waals surface area contributed by atoms with E-state index < -0.39 is 0 Å². The van der Waals surface area contributed by atoms with E-state index in [4.69, 9.17) is 4.74 Å². The molecule has 1 saturated carbocycles. The van der Waals surface area contributed by atoms with Gasteiger partial charge < -0.3 is 4.74 Å². The van der Waals surface area contributed by atoms with E-state index >= 15 is 0 Å². The average molecular weight is 288 g/mol. The fraction of sp³-hybridized carbons (Fsp3) is 0.647. The highest BCUT2D eigenvalue weighted by Gasteiger charge is 2.30. The Bertz CT molecular complexity index is 486. The average Bonchev–Trinajstić information content (AvgIpc) is 2.55. The molecule has 2 unspecified atom stereocenters. The van der Waals surface area contributed by atoms with Crippen LogP contribution in [0.2, 0.25) is 0 Å². The molecule has 1 saturated heterocycles. The molecule has 1 aromatic heterocycles. The Morgan fingerprint density at radius 2 is 2.10 bits per heavy atom. The molecule has 4 nitrogen and oxygen atoms in total. The van der Waals surface area contributed by atoms with Crippen LogP contribution < -0.4 is 0 Å². The quantitative estimate of drug-likeness (QED) is 0.802. The van der Waals surface area contributed by atoms with E-state index in [1.807, 2.05) is 12.1 Å². The third-order valence-corrected chi connectivity index (χ3v) is 5.01. The third kappa shape index (κ3) is 3.43. The lowest BCUT2D eigenvalue weighted by molar-refractivity contribution is 0.0600. The van der Waals surface area contributed by atoms with Crippen molar-refractivity contribution in [3.05, 3.63) is 29.6 Å². The first-order chi connectivity index (χ1) is 10.3. The van der Waals surface area contributed by atoms with E-state index in [-0.39, 0.29) is 5.97 Å². The number of aromatic nitrogens is 1. The molecular formula is C17H24N2O2. The summed E-state index contributed by atoms with van der Waals surface area (Å²) in [6.07, 6.45) is 8.62. The predicted octanol–water partition coefficient (Wildman–Crippen LogP) is 2.88. The number of likely N-dealkylation sites (tertiary alicyclic amines) is 1. The van der Waals surface area contributed by atoms with Gasteiger partial charge in [-0.1, -0.05) is 19.3 Å². The zero-order valence-corrected chi connectivity index (χ0v) is 12.8. The maximum atomic E-state index is 11.4. The van der Waals surface area contributed by atoms with Gasteiger partial charge in [0.25, 0.3) is 0 Å². The van der Waals surface area contributed by atoms with Crippen molar-refractivity contribution in [3.8, 4) is 0 Å². The van der Waals surface area contributed by atoms with Gasteiger partial charge in [0.1, 0.15) is 0 Å². The molecule has 2 atom stereocenters. The van der Waals surface area contributed by atoms with Crippen LogP contribution in [0.25, 0.3) is 0 Å². The summed E-state index contributed by atoms with van der Waals surface area (Å²) in [6, 6.07) is 3.75. The van der Waals surface area contributed by atoms with Crippen molar-refractivity contribution in [1.82, 2.24) is 9.88 Å². The van der Waals surface area contributed by atoms with Gasteiger partial charge in [-0.15, -0.1) is 0 Å². The Labute approximate surface area is 126 Å². The van der Waals surface area contributed by atoms with E-state index in [0.29, 0.717) is 5.56 Å². The molecule has 3 rings (SSSR count). The number of hydrogen-bond acceptors (Lipinski definition) is 4. The second kappa shape index (κ2) is 6.56. The zero-order valence-electron chi connectivity index (χ0n) is 12.8. The number of methoxy groups -OCH3 is 1. The first kappa shape index (κ1) is 14.5. The fourth-order valence-corrected chi connectivity index (χ4v) is 3.81. The van der Waals surface area contributed by atoms with Crippen molar-refractivity contribution < 1.29 is 9.53 Å². The number of carbonyl (C=O) groups is 1. The summed E-state index contributed by atoms with van der Waals surface area (Å²) < 4.78 is 4.70. The van der Waals surface area contributed by atoms with Crippen molar-refractivity contribution in [2.24, 2.45) is 11.8 Å². The van der Waals surface area contributed by atoms with Crippen molar-refractivity contribution >= 4 is 5.97 Å². The molecule has 1 aliphatic carbocycles. The molecule has 1 aromatic rings. The van der Waals surface area contributed by atoms with Crippen LogP contribution in [-0.2, 0) is 11.3 Å². The van der Waals surface area contributed by atoms with Crippen LogP contribution in [0, 0.1) is 11.8 Å². The minimum atomic E-state index is -0.322. The third-order valence-electron chi connectivity index (χ3n) is 5.01. The molecule has 21 heavy (non-hydrogen) atoms. The Morgan fingerprint density at radius 1 is 1.29 bits per heavy atom. The maximum Gasteiger partial charge on any atom is 0.339 e. The Kier molecular flexibility index (Phi) is 4.54. The molecule has 0 aromatic carbocycles. The number of hydrogen-bond donors (Lipinski definition) is 0. The highest BCUT2D eigenvalue weighted by atomic mass is 16.5. The number of nitrogens with zero attached hydrogens (tertiary/aromatic N) is 2. The van der Waals surface area contributed by atoms with E-state index in [0.717, 1.165) is 24.1 Å². The summed E-state index contributed by atoms with van der Waals surface area (Å²) in [5, 5.41) is 0. The van der Waals surface area contributed by atoms with Crippen molar-refractivity contribution in [2.75, 3.05) is 20.2 Å². The molecule has 0 bridgehead atoms. The van der Waals surface area contributed by atoms with Crippen LogP contribution >= 0.6 is 0 Å². The lowest BCUT2D eigenvalue weighted by Crippen LogP contribution is -2.41. The first-order valence-corrected chi connectivity index (χ1v) is 8.02. The summed E-state index contributed by atoms with van der Waals surface area (Å²) >= 11 is 0. The number of rotatable bonds is 3. The van der Waals surface area contributed by atoms with Gasteiger partial charge in [0.2, 0.25) is 0 Å². The van der Waals surface area contributed by atoms with Gasteiger partial charge in [0.15, 0.2) is 0 Å². The summed E-state index contributed by atoms with van der Waals surface area (Å²) in [5.41, 5.74) is 1.56. The molecule has 2 heterocycles. The van der Waals surface area contributed by atoms with Crippen LogP contribution in [0.1, 0.15) is 48.2 Å². The SMILES string of the molecule is COC(=O)c1ccc(CN2CCC3CCCCC3C2)nc1. The molecule has 4 heteroatoms. The number of fused-ring (bicyclic) bond motifs is 1. The molecule has 0 N–H and O–H groups in total. The van der Waals surface area contributed by atoms with Crippen LogP contribution in [0.4, 0.5) is 0 Å². The molecule has 0 spiro atoms. The van der Waals surface area contributed by atoms with Gasteiger partial charge in [-0.25, -0.2) is 4.79 Å². The summed E-state index contributed by atoms with van der Waals surface area (Å²) in [5.74, 6) is 1.53. The number of pyridine rings is 1. The highest BCUT2D eigenvalue weighted by Crippen LogP contribution is 2.36. The van der Waals surface area contributed by atoms with Crippen LogP contribution in [-0.4, -0.2) is 36.1 Å². The Hall–Kier alpha value is -1.42. The van der Waals surface area contributed by atoms with Gasteiger partial charge in [0.05, 0.1) is 18.4 Å². The molecule has 0 radical (unpaired) electrons. The van der Waals surface area contributed by atoms with Crippen LogP contribution in [0.5, 0.6) is 0 Å². The normalized spacial score (nSPS) is 26.1. The number of ether oxygens (including phenoxy) is 1. The van der Waals surface area contributed by atoms with E-state index in [1.165, 1.54) is 52.3 Å².